The van der Waals surface area contributed by atoms with Crippen LogP contribution in [0.25, 0.3) is 0 Å². The lowest BCUT2D eigenvalue weighted by Crippen LogP contribution is -2.51. The van der Waals surface area contributed by atoms with Crippen LogP contribution < -0.4 is 20.1 Å². The molecule has 2 rings (SSSR count). The molecular formula is C18H28N2O4. The molecule has 1 atom stereocenters. The van der Waals surface area contributed by atoms with Gasteiger partial charge >= 0.3 is 0 Å². The van der Waals surface area contributed by atoms with Crippen LogP contribution in [0.4, 0.5) is 0 Å². The Bertz CT molecular complexity index is 528. The second-order valence-electron chi connectivity index (χ2n) is 6.32. The second kappa shape index (κ2) is 9.49. The molecule has 0 aromatic heterocycles. The van der Waals surface area contributed by atoms with Gasteiger partial charge in [0.1, 0.15) is 6.04 Å². The lowest BCUT2D eigenvalue weighted by Gasteiger charge is -2.23. The fourth-order valence-electron chi connectivity index (χ4n) is 2.39. The van der Waals surface area contributed by atoms with Crippen LogP contribution in [0.2, 0.25) is 0 Å². The summed E-state index contributed by atoms with van der Waals surface area (Å²) >= 11 is 0. The van der Waals surface area contributed by atoms with E-state index >= 15 is 0 Å². The molecule has 1 unspecified atom stereocenters. The first kappa shape index (κ1) is 18.5. The molecule has 1 aliphatic heterocycles. The molecule has 1 aromatic carbocycles. The molecule has 6 heteroatoms. The van der Waals surface area contributed by atoms with Crippen LogP contribution in [-0.2, 0) is 16.1 Å². The van der Waals surface area contributed by atoms with Crippen LogP contribution in [0.15, 0.2) is 18.2 Å². The predicted molar refractivity (Wildman–Crippen MR) is 92.4 cm³/mol. The number of hydrogen-bond acceptors (Lipinski definition) is 5. The van der Waals surface area contributed by atoms with E-state index in [0.29, 0.717) is 44.6 Å². The topological polar surface area (TPSA) is 68.8 Å². The highest BCUT2D eigenvalue weighted by Crippen LogP contribution is 2.28. The number of ether oxygens (including phenoxy) is 3. The lowest BCUT2D eigenvalue weighted by molar-refractivity contribution is -0.126. The van der Waals surface area contributed by atoms with Crippen molar-refractivity contribution in [2.75, 3.05) is 33.5 Å². The number of nitrogens with one attached hydrogen (secondary N) is 2. The fraction of sp³-hybridized carbons (Fsp3) is 0.611. The molecule has 2 N–H and O–H groups in total. The highest BCUT2D eigenvalue weighted by Gasteiger charge is 2.20. The Hall–Kier alpha value is -1.79. The van der Waals surface area contributed by atoms with E-state index in [4.69, 9.17) is 14.2 Å². The molecule has 0 bridgehead atoms. The molecule has 0 radical (unpaired) electrons. The highest BCUT2D eigenvalue weighted by atomic mass is 16.5. The molecule has 0 spiro atoms. The molecule has 134 valence electrons. The first-order chi connectivity index (χ1) is 11.6. The number of rotatable bonds is 8. The molecule has 6 nitrogen and oxygen atoms in total. The van der Waals surface area contributed by atoms with Crippen LogP contribution in [0.5, 0.6) is 11.5 Å². The summed E-state index contributed by atoms with van der Waals surface area (Å²) < 4.78 is 16.5. The minimum atomic E-state index is -0.278. The summed E-state index contributed by atoms with van der Waals surface area (Å²) in [5.74, 6) is 1.97. The van der Waals surface area contributed by atoms with Crippen LogP contribution in [0, 0.1) is 5.92 Å². The molecule has 0 aliphatic carbocycles. The van der Waals surface area contributed by atoms with Gasteiger partial charge in [0.15, 0.2) is 11.5 Å². The fourth-order valence-corrected chi connectivity index (χ4v) is 2.39. The van der Waals surface area contributed by atoms with Crippen molar-refractivity contribution in [1.82, 2.24) is 10.6 Å². The summed E-state index contributed by atoms with van der Waals surface area (Å²) in [5, 5.41) is 6.06. The smallest absolute Gasteiger partial charge is 0.239 e. The summed E-state index contributed by atoms with van der Waals surface area (Å²) in [5.41, 5.74) is 0.966. The van der Waals surface area contributed by atoms with E-state index < -0.39 is 0 Å². The average molecular weight is 336 g/mol. The first-order valence-corrected chi connectivity index (χ1v) is 8.48. The number of methoxy groups -OCH3 is 1. The third-order valence-electron chi connectivity index (χ3n) is 3.89. The van der Waals surface area contributed by atoms with Gasteiger partial charge in [-0.2, -0.15) is 0 Å². The van der Waals surface area contributed by atoms with Gasteiger partial charge in [-0.1, -0.05) is 19.9 Å². The zero-order valence-corrected chi connectivity index (χ0v) is 14.8. The maximum absolute atomic E-state index is 12.1. The van der Waals surface area contributed by atoms with Gasteiger partial charge in [-0.3, -0.25) is 4.79 Å². The van der Waals surface area contributed by atoms with E-state index in [0.717, 1.165) is 17.7 Å². The molecular weight excluding hydrogens is 308 g/mol. The Morgan fingerprint density at radius 1 is 1.42 bits per heavy atom. The Morgan fingerprint density at radius 2 is 2.25 bits per heavy atom. The number of carbonyl (C=O) groups is 1. The van der Waals surface area contributed by atoms with Gasteiger partial charge in [0.2, 0.25) is 5.91 Å². The van der Waals surface area contributed by atoms with E-state index in [1.54, 1.807) is 7.11 Å². The quantitative estimate of drug-likeness (QED) is 0.757. The number of hydrogen-bond donors (Lipinski definition) is 2. The maximum Gasteiger partial charge on any atom is 0.239 e. The normalized spacial score (nSPS) is 17.6. The lowest BCUT2D eigenvalue weighted by atomic mass is 10.1. The van der Waals surface area contributed by atoms with E-state index in [2.05, 4.69) is 24.5 Å². The van der Waals surface area contributed by atoms with Gasteiger partial charge in [-0.15, -0.1) is 0 Å². The Labute approximate surface area is 143 Å². The van der Waals surface area contributed by atoms with Crippen LogP contribution in [0.1, 0.15) is 25.8 Å². The second-order valence-corrected chi connectivity index (χ2v) is 6.32. The summed E-state index contributed by atoms with van der Waals surface area (Å²) in [6.07, 6.45) is 0.997. The van der Waals surface area contributed by atoms with Gasteiger partial charge in [0.25, 0.3) is 0 Å². The third-order valence-corrected chi connectivity index (χ3v) is 3.89. The van der Waals surface area contributed by atoms with Crippen molar-refractivity contribution < 1.29 is 19.0 Å². The largest absolute Gasteiger partial charge is 0.493 e. The van der Waals surface area contributed by atoms with E-state index in [1.807, 2.05) is 18.2 Å². The Morgan fingerprint density at radius 3 is 2.92 bits per heavy atom. The maximum atomic E-state index is 12.1. The first-order valence-electron chi connectivity index (χ1n) is 8.48. The number of amides is 1. The van der Waals surface area contributed by atoms with Crippen LogP contribution in [0.3, 0.4) is 0 Å². The minimum Gasteiger partial charge on any atom is -0.493 e. The molecule has 0 saturated carbocycles. The molecule has 1 aromatic rings. The SMILES string of the molecule is COc1cc(CNC(=O)C2COCCN2)ccc1OCCC(C)C. The zero-order chi connectivity index (χ0) is 17.4. The van der Waals surface area contributed by atoms with Gasteiger partial charge in [0, 0.05) is 13.1 Å². The van der Waals surface area contributed by atoms with Crippen LogP contribution >= 0.6 is 0 Å². The van der Waals surface area contributed by atoms with Gasteiger partial charge < -0.3 is 24.8 Å². The van der Waals surface area contributed by atoms with Gasteiger partial charge in [-0.05, 0) is 30.0 Å². The number of benzene rings is 1. The van der Waals surface area contributed by atoms with Crippen molar-refractivity contribution in [3.8, 4) is 11.5 Å². The number of carbonyl (C=O) groups excluding carboxylic acids is 1. The van der Waals surface area contributed by atoms with Crippen molar-refractivity contribution in [3.05, 3.63) is 23.8 Å². The summed E-state index contributed by atoms with van der Waals surface area (Å²) in [4.78, 5) is 12.1. The van der Waals surface area contributed by atoms with Gasteiger partial charge in [-0.25, -0.2) is 0 Å². The number of morpholine rings is 1. The average Bonchev–Trinajstić information content (AvgIpc) is 2.60. The molecule has 1 saturated heterocycles. The predicted octanol–water partition coefficient (Wildman–Crippen LogP) is 1.72. The third kappa shape index (κ3) is 5.69. The molecule has 1 heterocycles. The van der Waals surface area contributed by atoms with Gasteiger partial charge in [0.05, 0.1) is 26.9 Å². The molecule has 1 fully saturated rings. The van der Waals surface area contributed by atoms with Crippen molar-refractivity contribution in [2.24, 2.45) is 5.92 Å². The molecule has 1 aliphatic rings. The van der Waals surface area contributed by atoms with Crippen molar-refractivity contribution in [2.45, 2.75) is 32.9 Å². The molecule has 24 heavy (non-hydrogen) atoms. The minimum absolute atomic E-state index is 0.0501. The van der Waals surface area contributed by atoms with Crippen molar-refractivity contribution in [3.63, 3.8) is 0 Å². The van der Waals surface area contributed by atoms with Crippen LogP contribution in [-0.4, -0.2) is 45.4 Å². The standard InChI is InChI=1S/C18H28N2O4/c1-13(2)6-8-24-16-5-4-14(10-17(16)22-3)11-20-18(21)15-12-23-9-7-19-15/h4-5,10,13,15,19H,6-9,11-12H2,1-3H3,(H,20,21). The van der Waals surface area contributed by atoms with E-state index in [9.17, 15) is 4.79 Å². The zero-order valence-electron chi connectivity index (χ0n) is 14.8. The van der Waals surface area contributed by atoms with Crippen molar-refractivity contribution in [1.29, 1.82) is 0 Å². The summed E-state index contributed by atoms with van der Waals surface area (Å²) in [7, 11) is 1.62. The Kier molecular flexibility index (Phi) is 7.34. The summed E-state index contributed by atoms with van der Waals surface area (Å²) in [6.45, 7) is 7.21. The highest BCUT2D eigenvalue weighted by molar-refractivity contribution is 5.82. The molecule has 1 amide bonds. The van der Waals surface area contributed by atoms with Crippen molar-refractivity contribution >= 4 is 5.91 Å². The summed E-state index contributed by atoms with van der Waals surface area (Å²) in [6, 6.07) is 5.45. The van der Waals surface area contributed by atoms with E-state index in [-0.39, 0.29) is 11.9 Å². The monoisotopic (exact) mass is 336 g/mol. The van der Waals surface area contributed by atoms with E-state index in [1.165, 1.54) is 0 Å². The Balaban J connectivity index is 1.87.